The molecule has 2 bridgehead atoms. The number of piperidine rings is 3. The number of hydrogen-bond donors (Lipinski definition) is 1. The second kappa shape index (κ2) is 6.91. The maximum atomic E-state index is 12.9. The van der Waals surface area contributed by atoms with E-state index in [4.69, 9.17) is 0 Å². The van der Waals surface area contributed by atoms with Gasteiger partial charge in [-0.05, 0) is 60.8 Å². The summed E-state index contributed by atoms with van der Waals surface area (Å²) in [4.78, 5) is 27.7. The fourth-order valence-corrected chi connectivity index (χ4v) is 4.53. The van der Waals surface area contributed by atoms with Crippen LogP contribution >= 0.6 is 0 Å². The van der Waals surface area contributed by atoms with Gasteiger partial charge in [-0.15, -0.1) is 0 Å². The SMILES string of the molecule is O=C(NC1CN2CCC1CC2)c1ccc(=O)n(-c2ccc3ccccc3c2)c1. The number of pyridine rings is 1. The molecule has 1 N–H and O–H groups in total. The fraction of sp³-hybridized carbons (Fsp3) is 0.304. The Morgan fingerprint density at radius 2 is 1.75 bits per heavy atom. The molecule has 142 valence electrons. The van der Waals surface area contributed by atoms with Gasteiger partial charge in [-0.25, -0.2) is 0 Å². The normalized spacial score (nSPS) is 23.6. The van der Waals surface area contributed by atoms with Crippen molar-refractivity contribution in [1.29, 1.82) is 0 Å². The summed E-state index contributed by atoms with van der Waals surface area (Å²) in [6.45, 7) is 3.22. The lowest BCUT2D eigenvalue weighted by Gasteiger charge is -2.44. The van der Waals surface area contributed by atoms with E-state index in [9.17, 15) is 9.59 Å². The third-order valence-electron chi connectivity index (χ3n) is 6.16. The molecule has 28 heavy (non-hydrogen) atoms. The molecule has 5 heteroatoms. The first kappa shape index (κ1) is 17.2. The Balaban J connectivity index is 1.43. The number of amides is 1. The van der Waals surface area contributed by atoms with Gasteiger partial charge in [-0.2, -0.15) is 0 Å². The summed E-state index contributed by atoms with van der Waals surface area (Å²) in [6, 6.07) is 17.2. The Bertz CT molecular complexity index is 1100. The van der Waals surface area contributed by atoms with E-state index >= 15 is 0 Å². The van der Waals surface area contributed by atoms with E-state index in [-0.39, 0.29) is 17.5 Å². The van der Waals surface area contributed by atoms with Crippen LogP contribution in [0.3, 0.4) is 0 Å². The lowest BCUT2D eigenvalue weighted by molar-refractivity contribution is 0.0620. The Morgan fingerprint density at radius 1 is 0.964 bits per heavy atom. The van der Waals surface area contributed by atoms with Gasteiger partial charge >= 0.3 is 0 Å². The Labute approximate surface area is 163 Å². The molecule has 1 aromatic heterocycles. The summed E-state index contributed by atoms with van der Waals surface area (Å²) in [5, 5.41) is 5.38. The summed E-state index contributed by atoms with van der Waals surface area (Å²) in [5.74, 6) is 0.466. The highest BCUT2D eigenvalue weighted by Crippen LogP contribution is 2.27. The lowest BCUT2D eigenvalue weighted by atomic mass is 9.84. The lowest BCUT2D eigenvalue weighted by Crippen LogP contribution is -2.57. The van der Waals surface area contributed by atoms with Gasteiger partial charge in [0.05, 0.1) is 5.56 Å². The molecule has 0 radical (unpaired) electrons. The van der Waals surface area contributed by atoms with Crippen molar-refractivity contribution in [3.63, 3.8) is 0 Å². The number of hydrogen-bond acceptors (Lipinski definition) is 3. The molecular weight excluding hydrogens is 350 g/mol. The van der Waals surface area contributed by atoms with Crippen LogP contribution in [-0.4, -0.2) is 41.1 Å². The summed E-state index contributed by atoms with van der Waals surface area (Å²) in [5.41, 5.74) is 1.14. The molecular formula is C23H23N3O2. The number of nitrogens with one attached hydrogen (secondary N) is 1. The topological polar surface area (TPSA) is 54.3 Å². The van der Waals surface area contributed by atoms with Crippen molar-refractivity contribution in [2.24, 2.45) is 5.92 Å². The van der Waals surface area contributed by atoms with E-state index in [1.807, 2.05) is 42.5 Å². The molecule has 3 saturated heterocycles. The van der Waals surface area contributed by atoms with E-state index in [1.165, 1.54) is 6.07 Å². The number of carbonyl (C=O) groups excluding carboxylic acids is 1. The number of fused-ring (bicyclic) bond motifs is 4. The highest BCUT2D eigenvalue weighted by molar-refractivity contribution is 5.94. The molecule has 0 saturated carbocycles. The van der Waals surface area contributed by atoms with Gasteiger partial charge in [0.1, 0.15) is 0 Å². The van der Waals surface area contributed by atoms with Gasteiger partial charge in [0.2, 0.25) is 0 Å². The van der Waals surface area contributed by atoms with E-state index in [2.05, 4.69) is 10.2 Å². The molecule has 3 fully saturated rings. The summed E-state index contributed by atoms with van der Waals surface area (Å²) >= 11 is 0. The van der Waals surface area contributed by atoms with Crippen LogP contribution in [-0.2, 0) is 0 Å². The average molecular weight is 373 g/mol. The van der Waals surface area contributed by atoms with Crippen LogP contribution in [0.25, 0.3) is 16.5 Å². The first-order chi connectivity index (χ1) is 13.7. The van der Waals surface area contributed by atoms with Gasteiger partial charge in [0.25, 0.3) is 11.5 Å². The fourth-order valence-electron chi connectivity index (χ4n) is 4.53. The predicted octanol–water partition coefficient (Wildman–Crippen LogP) is 2.81. The van der Waals surface area contributed by atoms with Crippen molar-refractivity contribution in [3.8, 4) is 5.69 Å². The van der Waals surface area contributed by atoms with E-state index in [1.54, 1.807) is 16.8 Å². The Hall–Kier alpha value is -2.92. The third kappa shape index (κ3) is 3.12. The van der Waals surface area contributed by atoms with E-state index < -0.39 is 0 Å². The predicted molar refractivity (Wildman–Crippen MR) is 110 cm³/mol. The molecule has 3 aromatic rings. The van der Waals surface area contributed by atoms with Crippen molar-refractivity contribution in [1.82, 2.24) is 14.8 Å². The number of carbonyl (C=O) groups is 1. The quantitative estimate of drug-likeness (QED) is 0.768. The Morgan fingerprint density at radius 3 is 2.50 bits per heavy atom. The van der Waals surface area contributed by atoms with Gasteiger partial charge in [0, 0.05) is 30.5 Å². The highest BCUT2D eigenvalue weighted by atomic mass is 16.2. The smallest absolute Gasteiger partial charge is 0.255 e. The van der Waals surface area contributed by atoms with Crippen molar-refractivity contribution in [3.05, 3.63) is 76.7 Å². The first-order valence-corrected chi connectivity index (χ1v) is 9.92. The molecule has 0 spiro atoms. The van der Waals surface area contributed by atoms with Crippen LogP contribution in [0.2, 0.25) is 0 Å². The average Bonchev–Trinajstić information content (AvgIpc) is 2.74. The highest BCUT2D eigenvalue weighted by Gasteiger charge is 2.34. The second-order valence-electron chi connectivity index (χ2n) is 7.88. The monoisotopic (exact) mass is 373 g/mol. The third-order valence-corrected chi connectivity index (χ3v) is 6.16. The molecule has 3 aliphatic heterocycles. The number of benzene rings is 2. The maximum absolute atomic E-state index is 12.9. The number of nitrogens with zero attached hydrogens (tertiary/aromatic N) is 2. The zero-order chi connectivity index (χ0) is 19.1. The minimum absolute atomic E-state index is 0.103. The van der Waals surface area contributed by atoms with Gasteiger partial charge in [-0.3, -0.25) is 14.2 Å². The van der Waals surface area contributed by atoms with Crippen molar-refractivity contribution in [2.75, 3.05) is 19.6 Å². The molecule has 4 heterocycles. The van der Waals surface area contributed by atoms with Crippen LogP contribution in [0.15, 0.2) is 65.6 Å². The molecule has 3 aliphatic rings. The Kier molecular flexibility index (Phi) is 4.24. The molecule has 2 aromatic carbocycles. The molecule has 0 aliphatic carbocycles. The minimum Gasteiger partial charge on any atom is -0.348 e. The van der Waals surface area contributed by atoms with Crippen molar-refractivity contribution >= 4 is 16.7 Å². The molecule has 1 atom stereocenters. The number of aromatic nitrogens is 1. The van der Waals surface area contributed by atoms with Crippen LogP contribution < -0.4 is 10.9 Å². The summed E-state index contributed by atoms with van der Waals surface area (Å²) in [7, 11) is 0. The zero-order valence-electron chi connectivity index (χ0n) is 15.7. The second-order valence-corrected chi connectivity index (χ2v) is 7.88. The molecule has 6 rings (SSSR count). The standard InChI is InChI=1S/C23H23N3O2/c27-22-8-6-19(23(28)24-21-15-25-11-9-17(21)10-12-25)14-26(22)20-7-5-16-3-1-2-4-18(16)13-20/h1-8,13-14,17,21H,9-12,15H2,(H,24,28). The van der Waals surface area contributed by atoms with Crippen LogP contribution in [0.1, 0.15) is 23.2 Å². The van der Waals surface area contributed by atoms with Gasteiger partial charge < -0.3 is 10.2 Å². The number of rotatable bonds is 3. The van der Waals surface area contributed by atoms with E-state index in [0.29, 0.717) is 11.5 Å². The summed E-state index contributed by atoms with van der Waals surface area (Å²) < 4.78 is 1.55. The zero-order valence-corrected chi connectivity index (χ0v) is 15.7. The largest absolute Gasteiger partial charge is 0.348 e. The van der Waals surface area contributed by atoms with Crippen molar-refractivity contribution < 1.29 is 4.79 Å². The van der Waals surface area contributed by atoms with Crippen molar-refractivity contribution in [2.45, 2.75) is 18.9 Å². The van der Waals surface area contributed by atoms with Crippen LogP contribution in [0, 0.1) is 5.92 Å². The van der Waals surface area contributed by atoms with Crippen LogP contribution in [0.4, 0.5) is 0 Å². The first-order valence-electron chi connectivity index (χ1n) is 9.92. The maximum Gasteiger partial charge on any atom is 0.255 e. The van der Waals surface area contributed by atoms with Gasteiger partial charge in [0.15, 0.2) is 0 Å². The minimum atomic E-state index is -0.144. The summed E-state index contributed by atoms with van der Waals surface area (Å²) in [6.07, 6.45) is 3.96. The van der Waals surface area contributed by atoms with Gasteiger partial charge in [-0.1, -0.05) is 30.3 Å². The van der Waals surface area contributed by atoms with Crippen LogP contribution in [0.5, 0.6) is 0 Å². The van der Waals surface area contributed by atoms with E-state index in [0.717, 1.165) is 48.9 Å². The molecule has 5 nitrogen and oxygen atoms in total. The molecule has 1 unspecified atom stereocenters. The molecule has 1 amide bonds.